The Labute approximate surface area is 111 Å². The summed E-state index contributed by atoms with van der Waals surface area (Å²) in [6, 6.07) is 3.75. The highest BCUT2D eigenvalue weighted by Crippen LogP contribution is 2.35. The lowest BCUT2D eigenvalue weighted by Crippen LogP contribution is -2.37. The van der Waals surface area contributed by atoms with Crippen LogP contribution in [-0.2, 0) is 6.54 Å². The maximum absolute atomic E-state index is 9.70. The average Bonchev–Trinajstić information content (AvgIpc) is 2.30. The molecule has 3 nitrogen and oxygen atoms in total. The summed E-state index contributed by atoms with van der Waals surface area (Å²) >= 11 is 3.32. The monoisotopic (exact) mass is 301 g/mol. The van der Waals surface area contributed by atoms with Crippen molar-refractivity contribution in [3.05, 3.63) is 22.2 Å². The maximum atomic E-state index is 9.70. The molecule has 0 amide bonds. The van der Waals surface area contributed by atoms with E-state index in [4.69, 9.17) is 4.74 Å². The summed E-state index contributed by atoms with van der Waals surface area (Å²) in [5.74, 6) is 0.636. The van der Waals surface area contributed by atoms with Gasteiger partial charge in [-0.25, -0.2) is 0 Å². The number of methoxy groups -OCH3 is 1. The number of hydrogen-bond acceptors (Lipinski definition) is 3. The molecule has 0 heterocycles. The Morgan fingerprint density at radius 2 is 2.06 bits per heavy atom. The Balaban J connectivity index is 2.82. The lowest BCUT2D eigenvalue weighted by Gasteiger charge is -2.24. The van der Waals surface area contributed by atoms with Crippen molar-refractivity contribution in [1.29, 1.82) is 0 Å². The largest absolute Gasteiger partial charge is 0.503 e. The minimum atomic E-state index is 0.109. The third-order valence-corrected chi connectivity index (χ3v) is 3.57. The summed E-state index contributed by atoms with van der Waals surface area (Å²) in [6.07, 6.45) is 1.06. The average molecular weight is 302 g/mol. The van der Waals surface area contributed by atoms with E-state index < -0.39 is 0 Å². The maximum Gasteiger partial charge on any atom is 0.172 e. The number of phenols is 1. The quantitative estimate of drug-likeness (QED) is 0.875. The van der Waals surface area contributed by atoms with Gasteiger partial charge < -0.3 is 15.2 Å². The molecule has 17 heavy (non-hydrogen) atoms. The van der Waals surface area contributed by atoms with Gasteiger partial charge in [-0.05, 0) is 53.9 Å². The minimum absolute atomic E-state index is 0.109. The van der Waals surface area contributed by atoms with Gasteiger partial charge in [0.1, 0.15) is 0 Å². The van der Waals surface area contributed by atoms with Crippen molar-refractivity contribution in [1.82, 2.24) is 5.32 Å². The molecule has 1 aromatic rings. The van der Waals surface area contributed by atoms with Crippen LogP contribution in [0.2, 0.25) is 0 Å². The lowest BCUT2D eigenvalue weighted by molar-refractivity contribution is 0.365. The Bertz CT molecular complexity index is 391. The molecule has 0 fully saturated rings. The topological polar surface area (TPSA) is 41.5 Å². The number of ether oxygens (including phenoxy) is 1. The molecule has 0 aromatic heterocycles. The van der Waals surface area contributed by atoms with Crippen LogP contribution in [0.4, 0.5) is 0 Å². The van der Waals surface area contributed by atoms with Crippen molar-refractivity contribution in [2.75, 3.05) is 7.11 Å². The Morgan fingerprint density at radius 1 is 1.41 bits per heavy atom. The summed E-state index contributed by atoms with van der Waals surface area (Å²) < 4.78 is 5.77. The number of rotatable bonds is 5. The molecule has 0 saturated heterocycles. The van der Waals surface area contributed by atoms with Crippen LogP contribution < -0.4 is 10.1 Å². The summed E-state index contributed by atoms with van der Waals surface area (Å²) in [4.78, 5) is 0. The first-order chi connectivity index (χ1) is 7.89. The molecule has 4 heteroatoms. The predicted octanol–water partition coefficient (Wildman–Crippen LogP) is 3.44. The van der Waals surface area contributed by atoms with Crippen LogP contribution in [-0.4, -0.2) is 17.8 Å². The van der Waals surface area contributed by atoms with Crippen LogP contribution in [0.15, 0.2) is 16.6 Å². The molecule has 0 radical (unpaired) electrons. The summed E-state index contributed by atoms with van der Waals surface area (Å²) in [7, 11) is 1.55. The highest BCUT2D eigenvalue weighted by atomic mass is 79.9. The molecule has 0 aliphatic rings. The van der Waals surface area contributed by atoms with E-state index >= 15 is 0 Å². The first-order valence-corrected chi connectivity index (χ1v) is 6.49. The van der Waals surface area contributed by atoms with Crippen LogP contribution in [0.1, 0.15) is 32.8 Å². The van der Waals surface area contributed by atoms with Gasteiger partial charge in [0.15, 0.2) is 11.5 Å². The first kappa shape index (κ1) is 14.3. The van der Waals surface area contributed by atoms with Crippen LogP contribution in [0.5, 0.6) is 11.5 Å². The fourth-order valence-corrected chi connectivity index (χ4v) is 1.84. The highest BCUT2D eigenvalue weighted by Gasteiger charge is 2.15. The highest BCUT2D eigenvalue weighted by molar-refractivity contribution is 9.10. The van der Waals surface area contributed by atoms with E-state index in [9.17, 15) is 5.11 Å². The van der Waals surface area contributed by atoms with E-state index in [0.717, 1.165) is 18.5 Å². The zero-order chi connectivity index (χ0) is 13.1. The van der Waals surface area contributed by atoms with Gasteiger partial charge in [0.05, 0.1) is 11.6 Å². The fourth-order valence-electron chi connectivity index (χ4n) is 1.35. The van der Waals surface area contributed by atoms with Gasteiger partial charge in [0.2, 0.25) is 0 Å². The molecule has 0 unspecified atom stereocenters. The van der Waals surface area contributed by atoms with E-state index in [2.05, 4.69) is 42.0 Å². The van der Waals surface area contributed by atoms with E-state index in [0.29, 0.717) is 10.2 Å². The second-order valence-corrected chi connectivity index (χ2v) is 5.57. The molecular formula is C13H20BrNO2. The summed E-state index contributed by atoms with van der Waals surface area (Å²) in [5.41, 5.74) is 1.19. The van der Waals surface area contributed by atoms with Crippen molar-refractivity contribution in [3.63, 3.8) is 0 Å². The van der Waals surface area contributed by atoms with Gasteiger partial charge in [0, 0.05) is 12.1 Å². The second kappa shape index (κ2) is 5.74. The molecule has 0 aliphatic heterocycles. The molecule has 1 rings (SSSR count). The fraction of sp³-hybridized carbons (Fsp3) is 0.538. The van der Waals surface area contributed by atoms with Crippen molar-refractivity contribution >= 4 is 15.9 Å². The molecular weight excluding hydrogens is 282 g/mol. The van der Waals surface area contributed by atoms with Crippen LogP contribution >= 0.6 is 15.9 Å². The van der Waals surface area contributed by atoms with Gasteiger partial charge in [0.25, 0.3) is 0 Å². The number of halogens is 1. The molecule has 0 bridgehead atoms. The van der Waals surface area contributed by atoms with E-state index in [1.165, 1.54) is 0 Å². The van der Waals surface area contributed by atoms with Crippen LogP contribution in [0.3, 0.4) is 0 Å². The smallest absolute Gasteiger partial charge is 0.172 e. The molecule has 0 saturated carbocycles. The predicted molar refractivity (Wildman–Crippen MR) is 73.6 cm³/mol. The van der Waals surface area contributed by atoms with E-state index in [1.54, 1.807) is 7.11 Å². The number of hydrogen-bond donors (Lipinski definition) is 2. The van der Waals surface area contributed by atoms with Gasteiger partial charge in [-0.1, -0.05) is 6.92 Å². The summed E-state index contributed by atoms with van der Waals surface area (Å²) in [5, 5.41) is 13.2. The zero-order valence-corrected chi connectivity index (χ0v) is 12.4. The molecule has 1 aromatic carbocycles. The van der Waals surface area contributed by atoms with E-state index in [1.807, 2.05) is 12.1 Å². The number of benzene rings is 1. The number of nitrogens with one attached hydrogen (secondary N) is 1. The van der Waals surface area contributed by atoms with Crippen molar-refractivity contribution in [2.45, 2.75) is 39.3 Å². The molecule has 0 aliphatic carbocycles. The second-order valence-electron chi connectivity index (χ2n) is 4.72. The van der Waals surface area contributed by atoms with Crippen molar-refractivity contribution in [2.24, 2.45) is 0 Å². The Hall–Kier alpha value is -0.740. The third-order valence-electron chi connectivity index (χ3n) is 2.96. The van der Waals surface area contributed by atoms with Gasteiger partial charge >= 0.3 is 0 Å². The first-order valence-electron chi connectivity index (χ1n) is 5.70. The molecule has 0 spiro atoms. The number of aromatic hydroxyl groups is 1. The minimum Gasteiger partial charge on any atom is -0.503 e. The normalized spacial score (nSPS) is 11.6. The standard InChI is InChI=1S/C13H20BrNO2/c1-5-13(2,3)15-8-9-6-10(14)12(16)11(7-9)17-4/h6-7,15-16H,5,8H2,1-4H3. The van der Waals surface area contributed by atoms with Crippen LogP contribution in [0, 0.1) is 0 Å². The summed E-state index contributed by atoms with van der Waals surface area (Å²) in [6.45, 7) is 7.23. The number of phenolic OH excluding ortho intramolecular Hbond substituents is 1. The van der Waals surface area contributed by atoms with Crippen LogP contribution in [0.25, 0.3) is 0 Å². The van der Waals surface area contributed by atoms with Gasteiger partial charge in [-0.2, -0.15) is 0 Å². The lowest BCUT2D eigenvalue weighted by atomic mass is 10.0. The SMILES string of the molecule is CCC(C)(C)NCc1cc(Br)c(O)c(OC)c1. The zero-order valence-electron chi connectivity index (χ0n) is 10.8. The molecule has 96 valence electrons. The van der Waals surface area contributed by atoms with Crippen molar-refractivity contribution in [3.8, 4) is 11.5 Å². The molecule has 2 N–H and O–H groups in total. The Kier molecular flexibility index (Phi) is 4.83. The van der Waals surface area contributed by atoms with E-state index in [-0.39, 0.29) is 11.3 Å². The van der Waals surface area contributed by atoms with Crippen molar-refractivity contribution < 1.29 is 9.84 Å². The molecule has 0 atom stereocenters. The third kappa shape index (κ3) is 3.89. The van der Waals surface area contributed by atoms with Gasteiger partial charge in [-0.3, -0.25) is 0 Å². The van der Waals surface area contributed by atoms with Gasteiger partial charge in [-0.15, -0.1) is 0 Å². The Morgan fingerprint density at radius 3 is 2.59 bits per heavy atom.